The molecule has 140 valence electrons. The van der Waals surface area contributed by atoms with E-state index in [0.717, 1.165) is 16.3 Å². The van der Waals surface area contributed by atoms with Crippen LogP contribution < -0.4 is 10.1 Å². The third-order valence-electron chi connectivity index (χ3n) is 4.28. The molecule has 1 unspecified atom stereocenters. The minimum absolute atomic E-state index is 0.00991. The first-order valence-electron chi connectivity index (χ1n) is 8.75. The van der Waals surface area contributed by atoms with Crippen molar-refractivity contribution >= 4 is 29.1 Å². The van der Waals surface area contributed by atoms with Crippen LogP contribution in [0.3, 0.4) is 0 Å². The number of nitrogens with one attached hydrogen (secondary N) is 1. The number of carbonyl (C=O) groups excluding carboxylic acids is 2. The molecule has 1 amide bonds. The second kappa shape index (κ2) is 7.82. The van der Waals surface area contributed by atoms with Gasteiger partial charge >= 0.3 is 0 Å². The molecule has 7 heteroatoms. The van der Waals surface area contributed by atoms with Gasteiger partial charge in [-0.15, -0.1) is 0 Å². The Balaban J connectivity index is 1.51. The highest BCUT2D eigenvalue weighted by Gasteiger charge is 2.21. The normalized spacial score (nSPS) is 13.8. The largest absolute Gasteiger partial charge is 0.482 e. The Kier molecular flexibility index (Phi) is 5.08. The number of Topliss-reactive ketones (excluding diaryl/α,β-unsaturated/α-hetero) is 1. The molecular formula is C21H17N3O3S. The number of ketones is 1. The second-order valence-corrected chi connectivity index (χ2v) is 7.64. The number of hydrogen-bond donors (Lipinski definition) is 1. The van der Waals surface area contributed by atoms with Gasteiger partial charge in [0.1, 0.15) is 17.1 Å². The number of rotatable bonds is 5. The maximum Gasteiger partial charge on any atom is 0.262 e. The number of anilines is 1. The van der Waals surface area contributed by atoms with Gasteiger partial charge in [0.05, 0.1) is 16.6 Å². The fourth-order valence-corrected chi connectivity index (χ4v) is 3.77. The van der Waals surface area contributed by atoms with E-state index in [2.05, 4.69) is 15.3 Å². The Morgan fingerprint density at radius 3 is 2.79 bits per heavy atom. The fourth-order valence-electron chi connectivity index (χ4n) is 2.88. The summed E-state index contributed by atoms with van der Waals surface area (Å²) in [6.07, 6.45) is 1.51. The van der Waals surface area contributed by atoms with E-state index >= 15 is 0 Å². The van der Waals surface area contributed by atoms with Crippen molar-refractivity contribution in [2.45, 2.75) is 17.2 Å². The van der Waals surface area contributed by atoms with Gasteiger partial charge in [-0.3, -0.25) is 9.59 Å². The summed E-state index contributed by atoms with van der Waals surface area (Å²) in [5.41, 5.74) is 2.84. The molecule has 0 aliphatic carbocycles. The maximum absolute atomic E-state index is 12.9. The van der Waals surface area contributed by atoms with Gasteiger partial charge in [-0.1, -0.05) is 42.1 Å². The Morgan fingerprint density at radius 2 is 1.96 bits per heavy atom. The molecular weight excluding hydrogens is 374 g/mol. The van der Waals surface area contributed by atoms with Crippen molar-refractivity contribution in [1.29, 1.82) is 0 Å². The number of hydrogen-bond acceptors (Lipinski definition) is 6. The number of ether oxygens (including phenoxy) is 1. The zero-order valence-electron chi connectivity index (χ0n) is 15.1. The molecule has 2 aromatic carbocycles. The summed E-state index contributed by atoms with van der Waals surface area (Å²) in [6.45, 7) is 1.83. The number of thioether (sulfide) groups is 1. The topological polar surface area (TPSA) is 81.2 Å². The van der Waals surface area contributed by atoms with E-state index in [1.165, 1.54) is 18.1 Å². The van der Waals surface area contributed by atoms with Crippen LogP contribution in [0.5, 0.6) is 5.75 Å². The van der Waals surface area contributed by atoms with E-state index in [0.29, 0.717) is 17.0 Å². The molecule has 0 bridgehead atoms. The highest BCUT2D eigenvalue weighted by Crippen LogP contribution is 2.31. The molecule has 1 atom stereocenters. The monoisotopic (exact) mass is 391 g/mol. The van der Waals surface area contributed by atoms with Crippen molar-refractivity contribution in [3.63, 3.8) is 0 Å². The first kappa shape index (κ1) is 18.2. The molecule has 2 heterocycles. The molecule has 1 aliphatic heterocycles. The highest BCUT2D eigenvalue weighted by atomic mass is 32.2. The molecule has 0 spiro atoms. The highest BCUT2D eigenvalue weighted by molar-refractivity contribution is 8.00. The van der Waals surface area contributed by atoms with Crippen LogP contribution in [-0.4, -0.2) is 33.5 Å². The Hall–Kier alpha value is -3.19. The molecule has 0 saturated carbocycles. The number of amides is 1. The Labute approximate surface area is 166 Å². The van der Waals surface area contributed by atoms with Gasteiger partial charge in [-0.25, -0.2) is 9.97 Å². The molecule has 1 aromatic heterocycles. The molecule has 4 rings (SSSR count). The van der Waals surface area contributed by atoms with Crippen molar-refractivity contribution in [3.8, 4) is 17.0 Å². The fraction of sp³-hybridized carbons (Fsp3) is 0.143. The van der Waals surface area contributed by atoms with Gasteiger partial charge in [0.2, 0.25) is 0 Å². The summed E-state index contributed by atoms with van der Waals surface area (Å²) >= 11 is 1.37. The second-order valence-electron chi connectivity index (χ2n) is 6.28. The van der Waals surface area contributed by atoms with Crippen molar-refractivity contribution < 1.29 is 14.3 Å². The molecule has 28 heavy (non-hydrogen) atoms. The van der Waals surface area contributed by atoms with Crippen LogP contribution in [0.15, 0.2) is 66.0 Å². The first-order chi connectivity index (χ1) is 13.6. The maximum atomic E-state index is 12.9. The van der Waals surface area contributed by atoms with Crippen LogP contribution in [-0.2, 0) is 4.79 Å². The third kappa shape index (κ3) is 3.89. The van der Waals surface area contributed by atoms with Gasteiger partial charge in [-0.05, 0) is 31.2 Å². The summed E-state index contributed by atoms with van der Waals surface area (Å²) in [4.78, 5) is 32.9. The standard InChI is InChI=1S/C21H17N3O3S/c1-13(21(26)15-7-8-18-17(9-15)24-19(25)11-27-18)28-20-10-16(22-12-23-20)14-5-3-2-4-6-14/h2-10,12-13H,11H2,1H3,(H,24,25). The summed E-state index contributed by atoms with van der Waals surface area (Å²) in [5.74, 6) is 0.293. The van der Waals surface area contributed by atoms with Crippen LogP contribution in [0.1, 0.15) is 17.3 Å². The SMILES string of the molecule is CC(Sc1cc(-c2ccccc2)ncn1)C(=O)c1ccc2c(c1)NC(=O)CO2. The summed E-state index contributed by atoms with van der Waals surface area (Å²) in [6, 6.07) is 16.8. The average Bonchev–Trinajstić information content (AvgIpc) is 2.73. The van der Waals surface area contributed by atoms with Crippen LogP contribution in [0.2, 0.25) is 0 Å². The number of carbonyl (C=O) groups is 2. The van der Waals surface area contributed by atoms with E-state index in [4.69, 9.17) is 4.74 Å². The lowest BCUT2D eigenvalue weighted by Crippen LogP contribution is -2.25. The van der Waals surface area contributed by atoms with Gasteiger partial charge in [0.15, 0.2) is 12.4 Å². The molecule has 0 saturated heterocycles. The van der Waals surface area contributed by atoms with Gasteiger partial charge in [0, 0.05) is 11.1 Å². The van der Waals surface area contributed by atoms with E-state index in [-0.39, 0.29) is 23.5 Å². The minimum Gasteiger partial charge on any atom is -0.482 e. The molecule has 3 aromatic rings. The third-order valence-corrected chi connectivity index (χ3v) is 5.31. The van der Waals surface area contributed by atoms with Gasteiger partial charge in [-0.2, -0.15) is 0 Å². The van der Waals surface area contributed by atoms with Crippen LogP contribution in [0.4, 0.5) is 5.69 Å². The number of fused-ring (bicyclic) bond motifs is 1. The number of nitrogens with zero attached hydrogens (tertiary/aromatic N) is 2. The number of benzene rings is 2. The zero-order valence-corrected chi connectivity index (χ0v) is 15.9. The predicted molar refractivity (Wildman–Crippen MR) is 108 cm³/mol. The van der Waals surface area contributed by atoms with E-state index in [9.17, 15) is 9.59 Å². The van der Waals surface area contributed by atoms with Crippen LogP contribution in [0.25, 0.3) is 11.3 Å². The molecule has 0 fully saturated rings. The number of aromatic nitrogens is 2. The van der Waals surface area contributed by atoms with Crippen LogP contribution in [0, 0.1) is 0 Å². The van der Waals surface area contributed by atoms with Crippen molar-refractivity contribution in [1.82, 2.24) is 9.97 Å². The Morgan fingerprint density at radius 1 is 1.14 bits per heavy atom. The lowest BCUT2D eigenvalue weighted by molar-refractivity contribution is -0.118. The predicted octanol–water partition coefficient (Wildman–Crippen LogP) is 3.84. The molecule has 6 nitrogen and oxygen atoms in total. The smallest absolute Gasteiger partial charge is 0.262 e. The lowest BCUT2D eigenvalue weighted by atomic mass is 10.1. The van der Waals surface area contributed by atoms with E-state index < -0.39 is 0 Å². The van der Waals surface area contributed by atoms with Gasteiger partial charge < -0.3 is 10.1 Å². The van der Waals surface area contributed by atoms with Gasteiger partial charge in [0.25, 0.3) is 5.91 Å². The average molecular weight is 391 g/mol. The van der Waals surface area contributed by atoms with E-state index in [1.54, 1.807) is 18.2 Å². The zero-order chi connectivity index (χ0) is 19.5. The summed E-state index contributed by atoms with van der Waals surface area (Å²) in [5, 5.41) is 3.10. The van der Waals surface area contributed by atoms with Crippen molar-refractivity contribution in [3.05, 3.63) is 66.5 Å². The van der Waals surface area contributed by atoms with E-state index in [1.807, 2.05) is 43.3 Å². The Bertz CT molecular complexity index is 1040. The minimum atomic E-state index is -0.350. The quantitative estimate of drug-likeness (QED) is 0.404. The summed E-state index contributed by atoms with van der Waals surface area (Å²) in [7, 11) is 0. The van der Waals surface area contributed by atoms with Crippen molar-refractivity contribution in [2.24, 2.45) is 0 Å². The molecule has 1 aliphatic rings. The van der Waals surface area contributed by atoms with Crippen molar-refractivity contribution in [2.75, 3.05) is 11.9 Å². The molecule has 1 N–H and O–H groups in total. The first-order valence-corrected chi connectivity index (χ1v) is 9.63. The summed E-state index contributed by atoms with van der Waals surface area (Å²) < 4.78 is 5.34. The molecule has 0 radical (unpaired) electrons. The van der Waals surface area contributed by atoms with Crippen LogP contribution >= 0.6 is 11.8 Å². The lowest BCUT2D eigenvalue weighted by Gasteiger charge is -2.19.